The quantitative estimate of drug-likeness (QED) is 0.780. The minimum atomic E-state index is -0.0472. The van der Waals surface area contributed by atoms with E-state index in [1.807, 2.05) is 18.7 Å². The summed E-state index contributed by atoms with van der Waals surface area (Å²) in [5.74, 6) is 2.10. The molecule has 126 valence electrons. The number of likely N-dealkylation sites (tertiary alicyclic amines) is 1. The molecule has 1 aromatic carbocycles. The summed E-state index contributed by atoms with van der Waals surface area (Å²) < 4.78 is 0. The zero-order valence-corrected chi connectivity index (χ0v) is 14.8. The van der Waals surface area contributed by atoms with E-state index in [0.29, 0.717) is 32.5 Å². The number of amides is 2. The molecule has 5 heteroatoms. The van der Waals surface area contributed by atoms with E-state index in [4.69, 9.17) is 0 Å². The summed E-state index contributed by atoms with van der Waals surface area (Å²) in [5, 5.41) is 3.02. The fourth-order valence-corrected chi connectivity index (χ4v) is 3.71. The van der Waals surface area contributed by atoms with E-state index in [0.717, 1.165) is 11.5 Å². The van der Waals surface area contributed by atoms with Crippen LogP contribution in [0.4, 0.5) is 0 Å². The molecule has 1 heterocycles. The Labute approximate surface area is 143 Å². The minimum absolute atomic E-state index is 0.0472. The van der Waals surface area contributed by atoms with Gasteiger partial charge in [0.05, 0.1) is 5.92 Å². The maximum atomic E-state index is 12.2. The number of rotatable bonds is 7. The summed E-state index contributed by atoms with van der Waals surface area (Å²) in [6.45, 7) is 6.03. The van der Waals surface area contributed by atoms with Crippen molar-refractivity contribution in [2.45, 2.75) is 32.4 Å². The number of nitrogens with one attached hydrogen (secondary N) is 1. The van der Waals surface area contributed by atoms with Crippen LogP contribution in [0.3, 0.4) is 0 Å². The second kappa shape index (κ2) is 8.96. The number of carbonyl (C=O) groups is 2. The summed E-state index contributed by atoms with van der Waals surface area (Å²) >= 11 is 1.84. The first kappa shape index (κ1) is 17.9. The highest BCUT2D eigenvalue weighted by molar-refractivity contribution is 7.98. The first-order chi connectivity index (χ1) is 11.1. The second-order valence-electron chi connectivity index (χ2n) is 5.94. The third kappa shape index (κ3) is 5.27. The summed E-state index contributed by atoms with van der Waals surface area (Å²) in [6.07, 6.45) is 1.17. The number of nitrogens with zero attached hydrogens (tertiary/aromatic N) is 1. The molecule has 2 rings (SSSR count). The van der Waals surface area contributed by atoms with E-state index in [-0.39, 0.29) is 17.7 Å². The molecular weight excluding hydrogens is 308 g/mol. The van der Waals surface area contributed by atoms with Crippen molar-refractivity contribution in [2.24, 2.45) is 5.92 Å². The predicted octanol–water partition coefficient (Wildman–Crippen LogP) is 2.60. The average molecular weight is 334 g/mol. The highest BCUT2D eigenvalue weighted by Crippen LogP contribution is 2.18. The molecule has 0 bridgehead atoms. The van der Waals surface area contributed by atoms with Crippen molar-refractivity contribution in [3.05, 3.63) is 35.4 Å². The Bertz CT molecular complexity index is 548. The van der Waals surface area contributed by atoms with Gasteiger partial charge in [0, 0.05) is 37.6 Å². The fourth-order valence-electron chi connectivity index (χ4n) is 2.78. The van der Waals surface area contributed by atoms with E-state index in [1.165, 1.54) is 11.1 Å². The van der Waals surface area contributed by atoms with Crippen LogP contribution in [-0.4, -0.2) is 42.1 Å². The molecular formula is C18H26N2O2S. The third-order valence-electron chi connectivity index (χ3n) is 4.32. The number of thioether (sulfide) groups is 1. The monoisotopic (exact) mass is 334 g/mol. The third-order valence-corrected chi connectivity index (χ3v) is 5.33. The van der Waals surface area contributed by atoms with Gasteiger partial charge in [-0.05, 0) is 31.4 Å². The van der Waals surface area contributed by atoms with Gasteiger partial charge in [-0.25, -0.2) is 0 Å². The molecule has 0 radical (unpaired) electrons. The number of hydrogen-bond donors (Lipinski definition) is 1. The van der Waals surface area contributed by atoms with Crippen LogP contribution in [0.15, 0.2) is 24.3 Å². The summed E-state index contributed by atoms with van der Waals surface area (Å²) in [7, 11) is 0. The molecule has 2 amide bonds. The van der Waals surface area contributed by atoms with Crippen molar-refractivity contribution in [3.63, 3.8) is 0 Å². The number of aryl methyl sites for hydroxylation is 1. The molecule has 1 aliphatic heterocycles. The summed E-state index contributed by atoms with van der Waals surface area (Å²) in [4.78, 5) is 25.6. The van der Waals surface area contributed by atoms with E-state index >= 15 is 0 Å². The maximum absolute atomic E-state index is 12.2. The lowest BCUT2D eigenvalue weighted by molar-refractivity contribution is -0.138. The molecule has 0 aromatic heterocycles. The van der Waals surface area contributed by atoms with E-state index < -0.39 is 0 Å². The zero-order valence-electron chi connectivity index (χ0n) is 14.0. The van der Waals surface area contributed by atoms with Crippen LogP contribution in [0.1, 0.15) is 30.9 Å². The van der Waals surface area contributed by atoms with Crippen LogP contribution in [0.2, 0.25) is 0 Å². The van der Waals surface area contributed by atoms with Gasteiger partial charge in [-0.3, -0.25) is 9.59 Å². The molecule has 0 unspecified atom stereocenters. The van der Waals surface area contributed by atoms with Crippen molar-refractivity contribution in [1.29, 1.82) is 0 Å². The number of hydrogen-bond acceptors (Lipinski definition) is 3. The van der Waals surface area contributed by atoms with E-state index in [2.05, 4.69) is 36.5 Å². The standard InChI is InChI=1S/C18H26N2O2S/c1-3-20-12-15(8-9-17(20)21)18(22)19-10-11-23-13-16-7-5-4-6-14(16)2/h4-7,15H,3,8-13H2,1-2H3,(H,19,22)/t15-/m1/s1. The van der Waals surface area contributed by atoms with Crippen molar-refractivity contribution in [3.8, 4) is 0 Å². The molecule has 1 atom stereocenters. The molecule has 0 spiro atoms. The average Bonchev–Trinajstić information content (AvgIpc) is 2.56. The number of benzene rings is 1. The van der Waals surface area contributed by atoms with Crippen LogP contribution in [0.5, 0.6) is 0 Å². The second-order valence-corrected chi connectivity index (χ2v) is 7.04. The zero-order chi connectivity index (χ0) is 16.7. The fraction of sp³-hybridized carbons (Fsp3) is 0.556. The molecule has 1 fully saturated rings. The largest absolute Gasteiger partial charge is 0.355 e. The van der Waals surface area contributed by atoms with Gasteiger partial charge in [-0.15, -0.1) is 0 Å². The highest BCUT2D eigenvalue weighted by atomic mass is 32.2. The molecule has 1 saturated heterocycles. The Kier molecular flexibility index (Phi) is 6.96. The van der Waals surface area contributed by atoms with Gasteiger partial charge >= 0.3 is 0 Å². The lowest BCUT2D eigenvalue weighted by atomic mass is 9.97. The van der Waals surface area contributed by atoms with Crippen LogP contribution in [-0.2, 0) is 15.3 Å². The summed E-state index contributed by atoms with van der Waals surface area (Å²) in [5.41, 5.74) is 2.67. The van der Waals surface area contributed by atoms with Crippen molar-refractivity contribution >= 4 is 23.6 Å². The van der Waals surface area contributed by atoms with Crippen molar-refractivity contribution < 1.29 is 9.59 Å². The predicted molar refractivity (Wildman–Crippen MR) is 95.3 cm³/mol. The van der Waals surface area contributed by atoms with Gasteiger partial charge in [-0.2, -0.15) is 11.8 Å². The first-order valence-corrected chi connectivity index (χ1v) is 9.45. The van der Waals surface area contributed by atoms with Gasteiger partial charge < -0.3 is 10.2 Å². The van der Waals surface area contributed by atoms with Gasteiger partial charge in [0.2, 0.25) is 11.8 Å². The Morgan fingerprint density at radius 2 is 2.17 bits per heavy atom. The van der Waals surface area contributed by atoms with Gasteiger partial charge in [0.1, 0.15) is 0 Å². The lowest BCUT2D eigenvalue weighted by Crippen LogP contribution is -2.45. The van der Waals surface area contributed by atoms with Crippen LogP contribution < -0.4 is 5.32 Å². The van der Waals surface area contributed by atoms with Gasteiger partial charge in [0.15, 0.2) is 0 Å². The smallest absolute Gasteiger partial charge is 0.224 e. The molecule has 4 nitrogen and oxygen atoms in total. The first-order valence-electron chi connectivity index (χ1n) is 8.29. The minimum Gasteiger partial charge on any atom is -0.355 e. The SMILES string of the molecule is CCN1C[C@H](C(=O)NCCSCc2ccccc2C)CCC1=O. The van der Waals surface area contributed by atoms with Crippen LogP contribution in [0, 0.1) is 12.8 Å². The van der Waals surface area contributed by atoms with Gasteiger partial charge in [0.25, 0.3) is 0 Å². The maximum Gasteiger partial charge on any atom is 0.224 e. The topological polar surface area (TPSA) is 49.4 Å². The normalized spacial score (nSPS) is 18.1. The number of carbonyl (C=O) groups excluding carboxylic acids is 2. The Morgan fingerprint density at radius 1 is 1.39 bits per heavy atom. The van der Waals surface area contributed by atoms with Gasteiger partial charge in [-0.1, -0.05) is 24.3 Å². The lowest BCUT2D eigenvalue weighted by Gasteiger charge is -2.31. The Balaban J connectivity index is 1.65. The van der Waals surface area contributed by atoms with E-state index in [9.17, 15) is 9.59 Å². The van der Waals surface area contributed by atoms with Crippen molar-refractivity contribution in [2.75, 3.05) is 25.4 Å². The van der Waals surface area contributed by atoms with Crippen molar-refractivity contribution in [1.82, 2.24) is 10.2 Å². The molecule has 0 aliphatic carbocycles. The molecule has 1 N–H and O–H groups in total. The highest BCUT2D eigenvalue weighted by Gasteiger charge is 2.28. The van der Waals surface area contributed by atoms with E-state index in [1.54, 1.807) is 4.90 Å². The Morgan fingerprint density at radius 3 is 2.91 bits per heavy atom. The Hall–Kier alpha value is -1.49. The molecule has 1 aliphatic rings. The number of piperidine rings is 1. The summed E-state index contributed by atoms with van der Waals surface area (Å²) in [6, 6.07) is 8.40. The molecule has 23 heavy (non-hydrogen) atoms. The van der Waals surface area contributed by atoms with Crippen LogP contribution in [0.25, 0.3) is 0 Å². The molecule has 1 aromatic rings. The molecule has 0 saturated carbocycles. The van der Waals surface area contributed by atoms with Crippen LogP contribution >= 0.6 is 11.8 Å².